The number of carbonyl (C=O) groups excluding carboxylic acids is 1. The Labute approximate surface area is 188 Å². The molecule has 0 radical (unpaired) electrons. The first-order valence-corrected chi connectivity index (χ1v) is 11.9. The molecule has 32 heavy (non-hydrogen) atoms. The summed E-state index contributed by atoms with van der Waals surface area (Å²) >= 11 is 0. The highest BCUT2D eigenvalue weighted by molar-refractivity contribution is 7.92. The Kier molecular flexibility index (Phi) is 7.83. The van der Waals surface area contributed by atoms with Crippen molar-refractivity contribution < 1.29 is 17.9 Å². The molecule has 1 amide bonds. The average molecular weight is 454 g/mol. The third-order valence-corrected chi connectivity index (χ3v) is 6.09. The van der Waals surface area contributed by atoms with Crippen molar-refractivity contribution in [2.45, 2.75) is 37.5 Å². The highest BCUT2D eigenvalue weighted by atomic mass is 32.2. The normalized spacial score (nSPS) is 11.2. The number of rotatable bonds is 10. The van der Waals surface area contributed by atoms with Crippen LogP contribution < -0.4 is 14.8 Å². The minimum absolute atomic E-state index is 0.0815. The summed E-state index contributed by atoms with van der Waals surface area (Å²) in [5.41, 5.74) is 1.78. The Morgan fingerprint density at radius 1 is 1.00 bits per heavy atom. The lowest BCUT2D eigenvalue weighted by molar-refractivity contribution is -0.116. The van der Waals surface area contributed by atoms with Gasteiger partial charge in [0, 0.05) is 18.3 Å². The first kappa shape index (κ1) is 23.3. The highest BCUT2D eigenvalue weighted by Gasteiger charge is 2.14. The summed E-state index contributed by atoms with van der Waals surface area (Å²) in [7, 11) is -3.75. The third-order valence-electron chi connectivity index (χ3n) is 4.72. The number of nitrogens with zero attached hydrogens (tertiary/aromatic N) is 1. The van der Waals surface area contributed by atoms with Crippen LogP contribution in [0.25, 0.3) is 0 Å². The maximum absolute atomic E-state index is 12.4. The fraction of sp³-hybridized carbons (Fsp3) is 0.250. The Bertz CT molecular complexity index is 1110. The summed E-state index contributed by atoms with van der Waals surface area (Å²) in [6, 6.07) is 18.9. The van der Waals surface area contributed by atoms with Gasteiger partial charge in [0.1, 0.15) is 11.6 Å². The number of pyridine rings is 1. The lowest BCUT2D eigenvalue weighted by atomic mass is 10.0. The fourth-order valence-corrected chi connectivity index (χ4v) is 3.94. The maximum Gasteiger partial charge on any atom is 0.263 e. The first-order valence-electron chi connectivity index (χ1n) is 10.4. The fourth-order valence-electron chi connectivity index (χ4n) is 2.93. The van der Waals surface area contributed by atoms with E-state index in [1.54, 1.807) is 30.3 Å². The van der Waals surface area contributed by atoms with Gasteiger partial charge in [0.05, 0.1) is 11.5 Å². The van der Waals surface area contributed by atoms with Crippen LogP contribution >= 0.6 is 0 Å². The second-order valence-corrected chi connectivity index (χ2v) is 9.25. The average Bonchev–Trinajstić information content (AvgIpc) is 2.78. The Morgan fingerprint density at radius 2 is 1.72 bits per heavy atom. The summed E-state index contributed by atoms with van der Waals surface area (Å²) in [5, 5.41) is 2.77. The summed E-state index contributed by atoms with van der Waals surface area (Å²) in [5.74, 6) is 1.33. The van der Waals surface area contributed by atoms with Crippen molar-refractivity contribution in [3.8, 4) is 5.75 Å². The quantitative estimate of drug-likeness (QED) is 0.430. The van der Waals surface area contributed by atoms with Gasteiger partial charge < -0.3 is 10.1 Å². The molecule has 2 N–H and O–H groups in total. The van der Waals surface area contributed by atoms with Gasteiger partial charge >= 0.3 is 0 Å². The van der Waals surface area contributed by atoms with Crippen molar-refractivity contribution in [2.75, 3.05) is 16.6 Å². The van der Waals surface area contributed by atoms with Crippen molar-refractivity contribution in [1.82, 2.24) is 4.98 Å². The van der Waals surface area contributed by atoms with Crippen molar-refractivity contribution in [3.05, 3.63) is 78.5 Å². The number of nitrogens with one attached hydrogen (secondary N) is 2. The predicted molar refractivity (Wildman–Crippen MR) is 125 cm³/mol. The van der Waals surface area contributed by atoms with E-state index in [1.165, 1.54) is 23.9 Å². The lowest BCUT2D eigenvalue weighted by Gasteiger charge is -2.10. The van der Waals surface area contributed by atoms with E-state index in [2.05, 4.69) is 28.9 Å². The van der Waals surface area contributed by atoms with E-state index in [0.717, 1.165) is 5.75 Å². The van der Waals surface area contributed by atoms with Gasteiger partial charge in [0.15, 0.2) is 0 Å². The standard InChI is InChI=1S/C24H27N3O4S/c1-18(2)19-8-12-21(13-9-19)31-17-5-7-24(28)26-20-10-14-22(15-11-20)32(29,30)27-23-6-3-4-16-25-23/h3-4,6,8-16,18H,5,7,17H2,1-2H3,(H,25,27)(H,26,28). The van der Waals surface area contributed by atoms with Crippen molar-refractivity contribution in [2.24, 2.45) is 0 Å². The number of hydrogen-bond acceptors (Lipinski definition) is 5. The monoisotopic (exact) mass is 453 g/mol. The van der Waals surface area contributed by atoms with Gasteiger partial charge in [-0.1, -0.05) is 32.0 Å². The highest BCUT2D eigenvalue weighted by Crippen LogP contribution is 2.19. The predicted octanol–water partition coefficient (Wildman–Crippen LogP) is 4.80. The summed E-state index contributed by atoms with van der Waals surface area (Å²) in [6.45, 7) is 4.71. The largest absolute Gasteiger partial charge is 0.494 e. The molecule has 0 saturated carbocycles. The molecule has 0 aliphatic carbocycles. The third kappa shape index (κ3) is 6.81. The lowest BCUT2D eigenvalue weighted by Crippen LogP contribution is -2.15. The SMILES string of the molecule is CC(C)c1ccc(OCCCC(=O)Nc2ccc(S(=O)(=O)Nc3ccccn3)cc2)cc1. The topological polar surface area (TPSA) is 97.4 Å². The molecule has 2 aromatic carbocycles. The van der Waals surface area contributed by atoms with Crippen LogP contribution in [0.4, 0.5) is 11.5 Å². The number of ether oxygens (including phenoxy) is 1. The van der Waals surface area contributed by atoms with E-state index in [9.17, 15) is 13.2 Å². The minimum atomic E-state index is -3.75. The van der Waals surface area contributed by atoms with Crippen LogP contribution in [0.2, 0.25) is 0 Å². The summed E-state index contributed by atoms with van der Waals surface area (Å²) < 4.78 is 32.9. The molecule has 8 heteroatoms. The second kappa shape index (κ2) is 10.8. The van der Waals surface area contributed by atoms with E-state index >= 15 is 0 Å². The number of benzene rings is 2. The van der Waals surface area contributed by atoms with E-state index in [4.69, 9.17) is 4.74 Å². The smallest absolute Gasteiger partial charge is 0.263 e. The Morgan fingerprint density at radius 3 is 2.34 bits per heavy atom. The molecular formula is C24H27N3O4S. The van der Waals surface area contributed by atoms with E-state index in [1.807, 2.05) is 24.3 Å². The zero-order valence-corrected chi connectivity index (χ0v) is 18.9. The molecule has 1 heterocycles. The molecule has 0 aliphatic heterocycles. The molecule has 0 unspecified atom stereocenters. The Balaban J connectivity index is 1.44. The molecule has 0 aliphatic rings. The van der Waals surface area contributed by atoms with E-state index in [-0.39, 0.29) is 16.6 Å². The van der Waals surface area contributed by atoms with Gasteiger partial charge in [-0.15, -0.1) is 0 Å². The van der Waals surface area contributed by atoms with Crippen molar-refractivity contribution in [1.29, 1.82) is 0 Å². The van der Waals surface area contributed by atoms with Crippen LogP contribution in [0.1, 0.15) is 38.2 Å². The van der Waals surface area contributed by atoms with Crippen LogP contribution in [0, 0.1) is 0 Å². The van der Waals surface area contributed by atoms with Crippen LogP contribution in [0.15, 0.2) is 77.8 Å². The number of carbonyl (C=O) groups is 1. The van der Waals surface area contributed by atoms with Crippen LogP contribution in [-0.4, -0.2) is 25.9 Å². The van der Waals surface area contributed by atoms with Crippen LogP contribution in [0.3, 0.4) is 0 Å². The number of anilines is 2. The molecule has 3 aromatic rings. The number of hydrogen-bond donors (Lipinski definition) is 2. The zero-order chi connectivity index (χ0) is 23.0. The van der Waals surface area contributed by atoms with E-state index < -0.39 is 10.0 Å². The van der Waals surface area contributed by atoms with E-state index in [0.29, 0.717) is 31.1 Å². The minimum Gasteiger partial charge on any atom is -0.494 e. The van der Waals surface area contributed by atoms with Gasteiger partial charge in [-0.05, 0) is 66.4 Å². The molecule has 3 rings (SSSR count). The second-order valence-electron chi connectivity index (χ2n) is 7.57. The van der Waals surface area contributed by atoms with Gasteiger partial charge in [0.25, 0.3) is 10.0 Å². The molecule has 7 nitrogen and oxygen atoms in total. The van der Waals surface area contributed by atoms with Crippen molar-refractivity contribution in [3.63, 3.8) is 0 Å². The van der Waals surface area contributed by atoms with Crippen LogP contribution in [-0.2, 0) is 14.8 Å². The van der Waals surface area contributed by atoms with Crippen molar-refractivity contribution >= 4 is 27.4 Å². The molecule has 0 atom stereocenters. The Hall–Kier alpha value is -3.39. The number of aromatic nitrogens is 1. The molecule has 168 valence electrons. The van der Waals surface area contributed by atoms with Gasteiger partial charge in [-0.2, -0.15) is 0 Å². The number of sulfonamides is 1. The van der Waals surface area contributed by atoms with Gasteiger partial charge in [-0.25, -0.2) is 13.4 Å². The van der Waals surface area contributed by atoms with Gasteiger partial charge in [0.2, 0.25) is 5.91 Å². The maximum atomic E-state index is 12.4. The first-order chi connectivity index (χ1) is 15.3. The molecule has 0 spiro atoms. The van der Waals surface area contributed by atoms with Gasteiger partial charge in [-0.3, -0.25) is 9.52 Å². The zero-order valence-electron chi connectivity index (χ0n) is 18.1. The molecule has 0 bridgehead atoms. The molecule has 1 aromatic heterocycles. The molecular weight excluding hydrogens is 426 g/mol. The molecule has 0 fully saturated rings. The summed E-state index contributed by atoms with van der Waals surface area (Å²) in [4.78, 5) is 16.2. The summed E-state index contributed by atoms with van der Waals surface area (Å²) in [6.07, 6.45) is 2.37. The van der Waals surface area contributed by atoms with Crippen LogP contribution in [0.5, 0.6) is 5.75 Å². The number of amides is 1. The molecule has 0 saturated heterocycles.